The van der Waals surface area contributed by atoms with Gasteiger partial charge in [0.05, 0.1) is 16.4 Å². The predicted molar refractivity (Wildman–Crippen MR) is 99.6 cm³/mol. The number of rotatable bonds is 5. The first-order valence-electron chi connectivity index (χ1n) is 8.10. The number of benzene rings is 1. The zero-order valence-electron chi connectivity index (χ0n) is 15.1. The molecule has 1 heterocycles. The number of hydrogen-bond donors (Lipinski definition) is 1. The summed E-state index contributed by atoms with van der Waals surface area (Å²) < 4.78 is 66.4. The summed E-state index contributed by atoms with van der Waals surface area (Å²) in [5.74, 6) is -1.10. The van der Waals surface area contributed by atoms with Crippen LogP contribution in [0.4, 0.5) is 23.2 Å². The van der Waals surface area contributed by atoms with E-state index >= 15 is 0 Å². The number of halogens is 5. The van der Waals surface area contributed by atoms with E-state index < -0.39 is 41.9 Å². The van der Waals surface area contributed by atoms with Crippen molar-refractivity contribution in [1.29, 1.82) is 0 Å². The van der Waals surface area contributed by atoms with E-state index in [0.717, 1.165) is 19.2 Å². The Morgan fingerprint density at radius 1 is 1.14 bits per heavy atom. The summed E-state index contributed by atoms with van der Waals surface area (Å²) in [6, 6.07) is 1.97. The molecule has 0 fully saturated rings. The van der Waals surface area contributed by atoms with Crippen LogP contribution in [0.15, 0.2) is 27.8 Å². The molecule has 0 aliphatic carbocycles. The van der Waals surface area contributed by atoms with Gasteiger partial charge in [-0.15, -0.1) is 0 Å². The number of aromatic nitrogens is 2. The van der Waals surface area contributed by atoms with Crippen molar-refractivity contribution >= 4 is 24.6 Å². The molecular formula is C16H17ClF4N3O3P. The molecule has 0 aliphatic heterocycles. The molecule has 0 saturated carbocycles. The maximum atomic E-state index is 14.4. The Balaban J connectivity index is 2.75. The lowest BCUT2D eigenvalue weighted by atomic mass is 10.2. The molecule has 0 radical (unpaired) electrons. The summed E-state index contributed by atoms with van der Waals surface area (Å²) in [6.07, 6.45) is -4.42. The van der Waals surface area contributed by atoms with Crippen LogP contribution < -0.4 is 16.3 Å². The minimum absolute atomic E-state index is 0.000971. The minimum Gasteiger partial charge on any atom is -0.335 e. The Labute approximate surface area is 162 Å². The molecule has 1 aromatic heterocycles. The molecule has 0 unspecified atom stereocenters. The van der Waals surface area contributed by atoms with E-state index in [1.54, 1.807) is 13.8 Å². The van der Waals surface area contributed by atoms with Gasteiger partial charge in [-0.2, -0.15) is 13.2 Å². The lowest BCUT2D eigenvalue weighted by Gasteiger charge is -2.20. The normalized spacial score (nSPS) is 12.3. The van der Waals surface area contributed by atoms with Crippen LogP contribution in [0.2, 0.25) is 5.02 Å². The third-order valence-corrected chi connectivity index (χ3v) is 7.24. The monoisotopic (exact) mass is 441 g/mol. The Bertz CT molecular complexity index is 1070. The number of hydrogen-bond acceptors (Lipinski definition) is 3. The van der Waals surface area contributed by atoms with Crippen molar-refractivity contribution in [2.24, 2.45) is 7.05 Å². The second-order valence-electron chi connectivity index (χ2n) is 5.96. The van der Waals surface area contributed by atoms with Gasteiger partial charge in [0.25, 0.3) is 5.56 Å². The average Bonchev–Trinajstić information content (AvgIpc) is 2.60. The van der Waals surface area contributed by atoms with Gasteiger partial charge in [-0.1, -0.05) is 25.4 Å². The minimum atomic E-state index is -4.94. The molecule has 0 spiro atoms. The highest BCUT2D eigenvalue weighted by molar-refractivity contribution is 7.65. The topological polar surface area (TPSA) is 73.1 Å². The summed E-state index contributed by atoms with van der Waals surface area (Å²) >= 11 is 5.96. The van der Waals surface area contributed by atoms with Crippen LogP contribution in [0.1, 0.15) is 19.5 Å². The summed E-state index contributed by atoms with van der Waals surface area (Å²) in [6.45, 7) is 3.34. The fraction of sp³-hybridized carbons (Fsp3) is 0.375. The van der Waals surface area contributed by atoms with Crippen molar-refractivity contribution in [3.8, 4) is 5.69 Å². The van der Waals surface area contributed by atoms with Gasteiger partial charge in [0, 0.05) is 25.4 Å². The van der Waals surface area contributed by atoms with Gasteiger partial charge in [0.15, 0.2) is 7.29 Å². The van der Waals surface area contributed by atoms with Crippen molar-refractivity contribution in [2.75, 3.05) is 17.4 Å². The van der Waals surface area contributed by atoms with Crippen LogP contribution in [-0.4, -0.2) is 21.5 Å². The van der Waals surface area contributed by atoms with Crippen LogP contribution in [0.25, 0.3) is 5.69 Å². The number of nitrogens with zero attached hydrogens (tertiary/aromatic N) is 2. The second kappa shape index (κ2) is 7.75. The molecule has 0 aliphatic rings. The highest BCUT2D eigenvalue weighted by Gasteiger charge is 2.35. The highest BCUT2D eigenvalue weighted by Crippen LogP contribution is 2.46. The molecule has 0 bridgehead atoms. The highest BCUT2D eigenvalue weighted by atomic mass is 35.5. The summed E-state index contributed by atoms with van der Waals surface area (Å²) in [4.78, 5) is 24.5. The summed E-state index contributed by atoms with van der Waals surface area (Å²) in [5.41, 5.74) is -4.82. The maximum Gasteiger partial charge on any atom is 0.431 e. The molecule has 0 saturated heterocycles. The van der Waals surface area contributed by atoms with E-state index in [4.69, 9.17) is 11.6 Å². The van der Waals surface area contributed by atoms with Gasteiger partial charge in [-0.3, -0.25) is 9.36 Å². The van der Waals surface area contributed by atoms with Gasteiger partial charge in [-0.25, -0.2) is 13.8 Å². The fourth-order valence-corrected chi connectivity index (χ4v) is 4.17. The van der Waals surface area contributed by atoms with E-state index in [9.17, 15) is 31.7 Å². The molecule has 12 heteroatoms. The van der Waals surface area contributed by atoms with E-state index in [1.807, 2.05) is 0 Å². The van der Waals surface area contributed by atoms with Crippen LogP contribution in [0.5, 0.6) is 0 Å². The average molecular weight is 442 g/mol. The molecule has 2 rings (SSSR count). The quantitative estimate of drug-likeness (QED) is 0.560. The van der Waals surface area contributed by atoms with Crippen LogP contribution >= 0.6 is 18.9 Å². The molecule has 1 aromatic carbocycles. The Hall–Kier alpha value is -2.06. The van der Waals surface area contributed by atoms with Gasteiger partial charge in [0.1, 0.15) is 11.5 Å². The first-order valence-corrected chi connectivity index (χ1v) is 10.6. The molecule has 0 atom stereocenters. The van der Waals surface area contributed by atoms with Gasteiger partial charge < -0.3 is 9.65 Å². The third kappa shape index (κ3) is 4.17. The van der Waals surface area contributed by atoms with E-state index in [-0.39, 0.29) is 38.2 Å². The summed E-state index contributed by atoms with van der Waals surface area (Å²) in [5, 5.41) is 2.55. The van der Waals surface area contributed by atoms with Crippen molar-refractivity contribution in [2.45, 2.75) is 20.0 Å². The Morgan fingerprint density at radius 2 is 1.71 bits per heavy atom. The lowest BCUT2D eigenvalue weighted by molar-refractivity contribution is -0.144. The first-order chi connectivity index (χ1) is 12.8. The molecule has 154 valence electrons. The molecule has 0 amide bonds. The van der Waals surface area contributed by atoms with Crippen molar-refractivity contribution in [1.82, 2.24) is 9.13 Å². The van der Waals surface area contributed by atoms with E-state index in [2.05, 4.69) is 5.09 Å². The molecule has 28 heavy (non-hydrogen) atoms. The Morgan fingerprint density at radius 3 is 2.21 bits per heavy atom. The molecule has 6 nitrogen and oxygen atoms in total. The fourth-order valence-electron chi connectivity index (χ4n) is 2.52. The van der Waals surface area contributed by atoms with Crippen molar-refractivity contribution in [3.05, 3.63) is 55.6 Å². The molecular weight excluding hydrogens is 425 g/mol. The Kier molecular flexibility index (Phi) is 6.16. The predicted octanol–water partition coefficient (Wildman–Crippen LogP) is 4.08. The van der Waals surface area contributed by atoms with Crippen molar-refractivity contribution in [3.63, 3.8) is 0 Å². The number of anilines is 1. The third-order valence-electron chi connectivity index (χ3n) is 4.23. The SMILES string of the molecule is CCP(=O)(CC)Nc1cc(-n2c(=O)cc(C(F)(F)F)n(C)c2=O)c(F)cc1Cl. The number of alkyl halides is 3. The zero-order valence-corrected chi connectivity index (χ0v) is 16.8. The largest absolute Gasteiger partial charge is 0.431 e. The lowest BCUT2D eigenvalue weighted by Crippen LogP contribution is -2.41. The first kappa shape index (κ1) is 22.2. The second-order valence-corrected chi connectivity index (χ2v) is 9.63. The van der Waals surface area contributed by atoms with Gasteiger partial charge in [-0.05, 0) is 12.1 Å². The van der Waals surface area contributed by atoms with Gasteiger partial charge >= 0.3 is 11.9 Å². The van der Waals surface area contributed by atoms with E-state index in [1.165, 1.54) is 0 Å². The molecule has 1 N–H and O–H groups in total. The van der Waals surface area contributed by atoms with Crippen LogP contribution in [0, 0.1) is 5.82 Å². The number of nitrogens with one attached hydrogen (secondary N) is 1. The summed E-state index contributed by atoms with van der Waals surface area (Å²) in [7, 11) is -2.08. The van der Waals surface area contributed by atoms with Crippen molar-refractivity contribution < 1.29 is 22.1 Å². The molecule has 2 aromatic rings. The smallest absolute Gasteiger partial charge is 0.335 e. The van der Waals surface area contributed by atoms with E-state index in [0.29, 0.717) is 0 Å². The van der Waals surface area contributed by atoms with Gasteiger partial charge in [0.2, 0.25) is 0 Å². The van der Waals surface area contributed by atoms with Crippen LogP contribution in [0.3, 0.4) is 0 Å². The zero-order chi connectivity index (χ0) is 21.4. The van der Waals surface area contributed by atoms with Crippen LogP contribution in [-0.2, 0) is 17.8 Å². The maximum absolute atomic E-state index is 14.4. The standard InChI is InChI=1S/C16H17ClF4N3O3P/c1-4-28(27,5-2)22-11-7-12(10(18)6-9(11)17)24-14(25)8-13(16(19,20)21)23(3)15(24)26/h6-8H,4-5H2,1-3H3,(H,22,27).